The fraction of sp³-hybridized carbons (Fsp3) is 1.00. The Morgan fingerprint density at radius 2 is 1.87 bits per heavy atom. The summed E-state index contributed by atoms with van der Waals surface area (Å²) in [5, 5.41) is 3.41. The number of hydrogen-bond donors (Lipinski definition) is 1. The van der Waals surface area contributed by atoms with Crippen LogP contribution in [0.25, 0.3) is 0 Å². The average Bonchev–Trinajstić information content (AvgIpc) is 2.15. The highest BCUT2D eigenvalue weighted by Crippen LogP contribution is 2.04. The lowest BCUT2D eigenvalue weighted by Crippen LogP contribution is -2.34. The molecule has 1 N–H and O–H groups in total. The Hall–Kier alpha value is 0.110. The Labute approximate surface area is 97.7 Å². The standard InChI is InChI=1S/C12H27NOS/c1-5-7-12(13-6-2)10-15(14)9-8-11(3)4/h11-13H,5-10H2,1-4H3. The zero-order valence-electron chi connectivity index (χ0n) is 10.7. The van der Waals surface area contributed by atoms with Gasteiger partial charge in [-0.3, -0.25) is 4.21 Å². The minimum atomic E-state index is -0.636. The van der Waals surface area contributed by atoms with E-state index in [1.165, 1.54) is 6.42 Å². The van der Waals surface area contributed by atoms with Crippen molar-refractivity contribution < 1.29 is 4.21 Å². The van der Waals surface area contributed by atoms with Gasteiger partial charge in [-0.15, -0.1) is 0 Å². The predicted molar refractivity (Wildman–Crippen MR) is 69.7 cm³/mol. The minimum absolute atomic E-state index is 0.452. The van der Waals surface area contributed by atoms with Gasteiger partial charge in [0.15, 0.2) is 0 Å². The van der Waals surface area contributed by atoms with Crippen molar-refractivity contribution in [1.82, 2.24) is 5.32 Å². The fourth-order valence-corrected chi connectivity index (χ4v) is 3.19. The van der Waals surface area contributed by atoms with Crippen molar-refractivity contribution >= 4 is 10.8 Å². The van der Waals surface area contributed by atoms with Crippen molar-refractivity contribution in [3.8, 4) is 0 Å². The quantitative estimate of drug-likeness (QED) is 0.663. The van der Waals surface area contributed by atoms with Gasteiger partial charge in [-0.25, -0.2) is 0 Å². The highest BCUT2D eigenvalue weighted by Gasteiger charge is 2.10. The van der Waals surface area contributed by atoms with E-state index in [9.17, 15) is 4.21 Å². The van der Waals surface area contributed by atoms with Gasteiger partial charge in [0.2, 0.25) is 0 Å². The van der Waals surface area contributed by atoms with Crippen molar-refractivity contribution in [1.29, 1.82) is 0 Å². The molecular weight excluding hydrogens is 206 g/mol. The third kappa shape index (κ3) is 9.06. The van der Waals surface area contributed by atoms with Crippen LogP contribution in [0.5, 0.6) is 0 Å². The summed E-state index contributed by atoms with van der Waals surface area (Å²) in [7, 11) is -0.636. The zero-order valence-corrected chi connectivity index (χ0v) is 11.5. The first-order chi connectivity index (χ1) is 7.10. The van der Waals surface area contributed by atoms with Gasteiger partial charge in [-0.2, -0.15) is 0 Å². The normalized spacial score (nSPS) is 15.5. The summed E-state index contributed by atoms with van der Waals surface area (Å²) in [6.45, 7) is 9.64. The van der Waals surface area contributed by atoms with Crippen LogP contribution in [0, 0.1) is 5.92 Å². The second-order valence-corrected chi connectivity index (χ2v) is 6.16. The highest BCUT2D eigenvalue weighted by atomic mass is 32.2. The number of hydrogen-bond acceptors (Lipinski definition) is 2. The molecule has 0 fully saturated rings. The number of nitrogens with one attached hydrogen (secondary N) is 1. The third-order valence-corrected chi connectivity index (χ3v) is 3.91. The van der Waals surface area contributed by atoms with Crippen molar-refractivity contribution in [3.05, 3.63) is 0 Å². The summed E-state index contributed by atoms with van der Waals surface area (Å²) in [5.41, 5.74) is 0. The molecule has 0 aromatic heterocycles. The van der Waals surface area contributed by atoms with Gasteiger partial charge >= 0.3 is 0 Å². The van der Waals surface area contributed by atoms with Gasteiger partial charge in [0.05, 0.1) is 0 Å². The van der Waals surface area contributed by atoms with Crippen molar-refractivity contribution in [3.63, 3.8) is 0 Å². The molecule has 0 radical (unpaired) electrons. The summed E-state index contributed by atoms with van der Waals surface area (Å²) in [5.74, 6) is 2.36. The SMILES string of the molecule is CCCC(CS(=O)CCC(C)C)NCC. The second kappa shape index (κ2) is 9.34. The average molecular weight is 233 g/mol. The van der Waals surface area contributed by atoms with E-state index in [0.29, 0.717) is 12.0 Å². The molecule has 15 heavy (non-hydrogen) atoms. The van der Waals surface area contributed by atoms with Crippen LogP contribution in [0.2, 0.25) is 0 Å². The monoisotopic (exact) mass is 233 g/mol. The smallest absolute Gasteiger partial charge is 0.0388 e. The van der Waals surface area contributed by atoms with Crippen LogP contribution in [-0.2, 0) is 10.8 Å². The maximum absolute atomic E-state index is 11.8. The molecule has 0 heterocycles. The molecule has 0 aliphatic heterocycles. The first-order valence-corrected chi connectivity index (χ1v) is 7.67. The Morgan fingerprint density at radius 1 is 1.20 bits per heavy atom. The molecule has 0 amide bonds. The Morgan fingerprint density at radius 3 is 2.33 bits per heavy atom. The number of rotatable bonds is 9. The Bertz CT molecular complexity index is 165. The fourth-order valence-electron chi connectivity index (χ4n) is 1.56. The lowest BCUT2D eigenvalue weighted by atomic mass is 10.2. The van der Waals surface area contributed by atoms with Crippen molar-refractivity contribution in [2.75, 3.05) is 18.1 Å². The van der Waals surface area contributed by atoms with Crippen molar-refractivity contribution in [2.24, 2.45) is 5.92 Å². The molecule has 92 valence electrons. The van der Waals surface area contributed by atoms with Gasteiger partial charge in [0.25, 0.3) is 0 Å². The Kier molecular flexibility index (Phi) is 9.41. The predicted octanol–water partition coefficient (Wildman–Crippen LogP) is 2.56. The summed E-state index contributed by atoms with van der Waals surface area (Å²) >= 11 is 0. The van der Waals surface area contributed by atoms with Crippen LogP contribution in [-0.4, -0.2) is 28.3 Å². The Balaban J connectivity index is 3.77. The van der Waals surface area contributed by atoms with E-state index in [1.54, 1.807) is 0 Å². The van der Waals surface area contributed by atoms with E-state index >= 15 is 0 Å². The molecule has 0 saturated carbocycles. The van der Waals surface area contributed by atoms with E-state index in [0.717, 1.165) is 30.9 Å². The van der Waals surface area contributed by atoms with Gasteiger partial charge in [-0.1, -0.05) is 34.1 Å². The van der Waals surface area contributed by atoms with E-state index in [1.807, 2.05) is 0 Å². The van der Waals surface area contributed by atoms with Gasteiger partial charge in [0.1, 0.15) is 0 Å². The van der Waals surface area contributed by atoms with E-state index in [4.69, 9.17) is 0 Å². The molecule has 2 unspecified atom stereocenters. The largest absolute Gasteiger partial charge is 0.313 e. The second-order valence-electron chi connectivity index (χ2n) is 4.54. The molecule has 2 atom stereocenters. The lowest BCUT2D eigenvalue weighted by Gasteiger charge is -2.16. The van der Waals surface area contributed by atoms with Gasteiger partial charge < -0.3 is 5.32 Å². The maximum Gasteiger partial charge on any atom is 0.0388 e. The molecule has 0 aliphatic rings. The highest BCUT2D eigenvalue weighted by molar-refractivity contribution is 7.85. The van der Waals surface area contributed by atoms with Gasteiger partial charge in [-0.05, 0) is 25.3 Å². The molecule has 0 aliphatic carbocycles. The molecule has 0 rings (SSSR count). The topological polar surface area (TPSA) is 29.1 Å². The van der Waals surface area contributed by atoms with E-state index in [-0.39, 0.29) is 0 Å². The molecule has 0 aromatic rings. The van der Waals surface area contributed by atoms with Crippen LogP contribution in [0.4, 0.5) is 0 Å². The van der Waals surface area contributed by atoms with E-state index < -0.39 is 10.8 Å². The molecule has 0 aromatic carbocycles. The van der Waals surface area contributed by atoms with Crippen molar-refractivity contribution in [2.45, 2.75) is 53.0 Å². The molecule has 0 bridgehead atoms. The van der Waals surface area contributed by atoms with Crippen LogP contribution in [0.15, 0.2) is 0 Å². The summed E-state index contributed by atoms with van der Waals surface area (Å²) in [6.07, 6.45) is 3.39. The maximum atomic E-state index is 11.8. The van der Waals surface area contributed by atoms with Crippen LogP contribution >= 0.6 is 0 Å². The third-order valence-electron chi connectivity index (χ3n) is 2.44. The van der Waals surface area contributed by atoms with Gasteiger partial charge in [0, 0.05) is 28.3 Å². The van der Waals surface area contributed by atoms with Crippen LogP contribution < -0.4 is 5.32 Å². The first kappa shape index (κ1) is 15.1. The first-order valence-electron chi connectivity index (χ1n) is 6.18. The van der Waals surface area contributed by atoms with Crippen LogP contribution in [0.3, 0.4) is 0 Å². The molecule has 0 saturated heterocycles. The van der Waals surface area contributed by atoms with Crippen LogP contribution in [0.1, 0.15) is 47.0 Å². The molecule has 0 spiro atoms. The summed E-state index contributed by atoms with van der Waals surface area (Å²) in [6, 6.07) is 0.452. The zero-order chi connectivity index (χ0) is 11.7. The summed E-state index contributed by atoms with van der Waals surface area (Å²) in [4.78, 5) is 0. The molecule has 2 nitrogen and oxygen atoms in total. The summed E-state index contributed by atoms with van der Waals surface area (Å²) < 4.78 is 11.8. The minimum Gasteiger partial charge on any atom is -0.313 e. The molecule has 3 heteroatoms. The van der Waals surface area contributed by atoms with E-state index in [2.05, 4.69) is 33.0 Å². The lowest BCUT2D eigenvalue weighted by molar-refractivity contribution is 0.524. The molecular formula is C12H27NOS.